The quantitative estimate of drug-likeness (QED) is 0.00718. The van der Waals surface area contributed by atoms with Gasteiger partial charge in [0.1, 0.15) is 6.61 Å². The molecule has 0 spiro atoms. The first kappa shape index (κ1) is 96.8. The number of carbonyl (C=O) groups is 1. The van der Waals surface area contributed by atoms with Crippen molar-refractivity contribution in [2.75, 3.05) is 125 Å². The molecule has 0 heterocycles. The van der Waals surface area contributed by atoms with Crippen molar-refractivity contribution in [1.82, 2.24) is 0 Å². The van der Waals surface area contributed by atoms with Crippen LogP contribution in [0, 0.1) is 11.5 Å². The molecule has 0 aromatic carbocycles. The number of carbonyl (C=O) groups excluding carboxylic acids is 3. The van der Waals surface area contributed by atoms with Crippen LogP contribution in [-0.4, -0.2) is 245 Å². The van der Waals surface area contributed by atoms with Gasteiger partial charge in [0.25, 0.3) is 6.26 Å². The molecule has 0 aliphatic heterocycles. The normalized spacial score (nSPS) is 13.6. The Bertz CT molecular complexity index is 2050. The fourth-order valence-electron chi connectivity index (χ4n) is 11.2. The van der Waals surface area contributed by atoms with Crippen molar-refractivity contribution in [2.24, 2.45) is 9.98 Å². The molecule has 0 fully saturated rings. The van der Waals surface area contributed by atoms with E-state index in [2.05, 4.69) is 115 Å². The van der Waals surface area contributed by atoms with Crippen LogP contribution in [-0.2, 0) is 72.2 Å². The summed E-state index contributed by atoms with van der Waals surface area (Å²) in [6.45, 7) is 45.1. The number of isocyanates is 2. The molecule has 2 atom stereocenters. The van der Waals surface area contributed by atoms with E-state index in [-0.39, 0.29) is 39.0 Å². The van der Waals surface area contributed by atoms with Gasteiger partial charge in [-0.3, -0.25) is 0 Å². The monoisotopic (exact) mass is 1500 g/mol. The van der Waals surface area contributed by atoms with Gasteiger partial charge in [-0.15, -0.1) is 0 Å². The summed E-state index contributed by atoms with van der Waals surface area (Å²) < 4.78 is 77.5. The van der Waals surface area contributed by atoms with Crippen molar-refractivity contribution in [2.45, 2.75) is 230 Å². The molecule has 0 aromatic heterocycles. The number of aliphatic imine (C=N–C) groups is 2. The lowest BCUT2D eigenvalue weighted by atomic mass is 10.2. The van der Waals surface area contributed by atoms with E-state index in [0.717, 1.165) is 125 Å². The molecule has 0 saturated heterocycles. The van der Waals surface area contributed by atoms with Gasteiger partial charge in [-0.25, -0.2) is 24.4 Å². The van der Waals surface area contributed by atoms with Crippen molar-refractivity contribution < 1.29 is 97.8 Å². The zero-order valence-electron chi connectivity index (χ0n) is 61.4. The van der Waals surface area contributed by atoms with Crippen LogP contribution in [0.15, 0.2) is 22.1 Å². The van der Waals surface area contributed by atoms with Gasteiger partial charge in [0.05, 0.1) is 85.8 Å². The summed E-state index contributed by atoms with van der Waals surface area (Å²) in [6, 6.07) is 8.56. The molecule has 0 aromatic rings. The van der Waals surface area contributed by atoms with Crippen molar-refractivity contribution in [1.29, 1.82) is 5.26 Å². The van der Waals surface area contributed by atoms with Crippen molar-refractivity contribution in [3.8, 4) is 6.26 Å². The Balaban J connectivity index is -0.00000132. The SMILES string of the molecule is C=C(C)C(=O)OCCC[Si](C)(CCCOCCO)O[Si](C)(C)O[Si](C)(C)CCCOCCO.C[Si](C)(CCCOC#N)O[Si](C)(C)O[Si](C)(CCCCCN=C=O)CCCN=C=O.C[Si](C)(CCCOCCO)O[Si](C)(C)O[Si](C)(CCCOCCO)CCCOCCO. The van der Waals surface area contributed by atoms with E-state index in [0.29, 0.717) is 97.9 Å². The minimum atomic E-state index is -2.38. The molecule has 0 bridgehead atoms. The van der Waals surface area contributed by atoms with Gasteiger partial charge in [-0.1, -0.05) is 19.4 Å². The van der Waals surface area contributed by atoms with Crippen LogP contribution in [0.5, 0.6) is 0 Å². The van der Waals surface area contributed by atoms with Crippen molar-refractivity contribution in [3.05, 3.63) is 12.2 Å². The number of unbranched alkanes of at least 4 members (excludes halogenated alkanes) is 2. The highest BCUT2D eigenvalue weighted by atomic mass is 28.5. The molecule has 2 unspecified atom stereocenters. The van der Waals surface area contributed by atoms with E-state index in [1.165, 1.54) is 0 Å². The van der Waals surface area contributed by atoms with Gasteiger partial charge in [0.2, 0.25) is 12.2 Å². The first-order valence-corrected chi connectivity index (χ1v) is 60.4. The second-order valence-electron chi connectivity index (χ2n) is 27.6. The largest absolute Gasteiger partial charge is 0.462 e. The molecule has 0 radical (unpaired) electrons. The molecule has 5 N–H and O–H groups in total. The first-order valence-electron chi connectivity index (χ1n) is 34.1. The van der Waals surface area contributed by atoms with Gasteiger partial charge >= 0.3 is 31.7 Å². The average Bonchev–Trinajstić information content (AvgIpc) is 0.859. The van der Waals surface area contributed by atoms with Crippen LogP contribution in [0.2, 0.25) is 153 Å². The summed E-state index contributed by atoms with van der Waals surface area (Å²) in [6.07, 6.45) is 14.6. The lowest BCUT2D eigenvalue weighted by Gasteiger charge is -2.40. The van der Waals surface area contributed by atoms with Gasteiger partial charge < -0.3 is 83.4 Å². The number of ether oxygens (including phenoxy) is 7. The average molecular weight is 1500 g/mol. The van der Waals surface area contributed by atoms with E-state index in [9.17, 15) is 14.4 Å². The summed E-state index contributed by atoms with van der Waals surface area (Å²) in [4.78, 5) is 39.5. The van der Waals surface area contributed by atoms with Crippen LogP contribution in [0.3, 0.4) is 0 Å². The fourth-order valence-corrected chi connectivity index (χ4v) is 55.9. The zero-order chi connectivity index (χ0) is 72.0. The summed E-state index contributed by atoms with van der Waals surface area (Å²) in [5.74, 6) is -0.356. The Morgan fingerprint density at radius 2 is 0.649 bits per heavy atom. The van der Waals surface area contributed by atoms with E-state index < -0.39 is 75.6 Å². The molecule has 0 saturated carbocycles. The van der Waals surface area contributed by atoms with Crippen molar-refractivity contribution >= 4 is 93.7 Å². The molecule has 0 aliphatic rings. The lowest BCUT2D eigenvalue weighted by molar-refractivity contribution is -0.138. The fraction of sp³-hybridized carbons (Fsp3) is 0.902. The molecule has 0 aliphatic carbocycles. The summed E-state index contributed by atoms with van der Waals surface area (Å²) >= 11 is 0. The van der Waals surface area contributed by atoms with Gasteiger partial charge in [-0.2, -0.15) is 5.26 Å². The maximum Gasteiger partial charge on any atom is 0.333 e. The Morgan fingerprint density at radius 3 is 0.947 bits per heavy atom. The summed E-state index contributed by atoms with van der Waals surface area (Å²) in [5, 5.41) is 52.8. The molecule has 94 heavy (non-hydrogen) atoms. The Morgan fingerprint density at radius 1 is 0.372 bits per heavy atom. The number of aliphatic hydroxyl groups excluding tert-OH is 5. The molecule has 0 amide bonds. The standard InChI is InChI=1S/C22H48O8Si3.C20H48O8Si3.C19H37N3O5Si3/c1-21(2)22(25)28-15-10-20-33(7,19-9-14-27-17-12-24)30-32(5,6)29-31(3,4)18-8-13-26-16-11-23;1-29(2,18-6-12-24-15-9-21)27-30(3,4)28-31(5,19-7-13-25-16-10-22)20-8-14-26-17-11-23;1-28(2,14-10-13-25-17-20)26-29(3,4)27-30(5,16-9-12-22-19-24)15-8-6-7-11-21-18-23/h23-24H,1,8-20H2,2-7H3;21-23H,6-20H2,1-5H3;6-16H2,1-5H3. The molecule has 0 rings (SSSR count). The predicted molar refractivity (Wildman–Crippen MR) is 393 cm³/mol. The van der Waals surface area contributed by atoms with Gasteiger partial charge in [0, 0.05) is 38.6 Å². The second-order valence-corrected chi connectivity index (χ2v) is 64.6. The van der Waals surface area contributed by atoms with E-state index >= 15 is 0 Å². The number of hydrogen-bond acceptors (Lipinski definition) is 24. The van der Waals surface area contributed by atoms with Crippen LogP contribution < -0.4 is 0 Å². The minimum Gasteiger partial charge on any atom is -0.462 e. The molecular formula is C61H133N3O21Si9. The third kappa shape index (κ3) is 60.5. The maximum atomic E-state index is 11.7. The van der Waals surface area contributed by atoms with Crippen LogP contribution in [0.25, 0.3) is 0 Å². The molecular weight excluding hydrogens is 1360 g/mol. The molecule has 554 valence electrons. The first-order chi connectivity index (χ1) is 44.1. The number of aliphatic hydroxyl groups is 5. The third-order valence-corrected chi connectivity index (χ3v) is 51.9. The highest BCUT2D eigenvalue weighted by Crippen LogP contribution is 2.33. The third-order valence-electron chi connectivity index (χ3n) is 14.4. The van der Waals surface area contributed by atoms with E-state index in [4.69, 9.17) is 88.6 Å². The van der Waals surface area contributed by atoms with Crippen LogP contribution in [0.1, 0.15) is 77.6 Å². The number of esters is 1. The van der Waals surface area contributed by atoms with Crippen LogP contribution in [0.4, 0.5) is 0 Å². The van der Waals surface area contributed by atoms with E-state index in [1.54, 1.807) is 25.3 Å². The second kappa shape index (κ2) is 56.2. The van der Waals surface area contributed by atoms with Crippen LogP contribution >= 0.6 is 0 Å². The van der Waals surface area contributed by atoms with Gasteiger partial charge in [0.15, 0.2) is 49.9 Å². The van der Waals surface area contributed by atoms with Gasteiger partial charge in [-0.05, 0) is 217 Å². The smallest absolute Gasteiger partial charge is 0.333 e. The molecule has 33 heteroatoms. The zero-order valence-corrected chi connectivity index (χ0v) is 70.4. The number of rotatable bonds is 61. The lowest BCUT2D eigenvalue weighted by Crippen LogP contribution is -2.53. The highest BCUT2D eigenvalue weighted by molar-refractivity contribution is 6.90. The maximum absolute atomic E-state index is 11.7. The predicted octanol–water partition coefficient (Wildman–Crippen LogP) is 11.1. The van der Waals surface area contributed by atoms with Crippen molar-refractivity contribution in [3.63, 3.8) is 0 Å². The highest BCUT2D eigenvalue weighted by Gasteiger charge is 2.44. The number of nitriles is 1. The minimum absolute atomic E-state index is 0.0256. The Kier molecular flexibility index (Phi) is 57.9. The summed E-state index contributed by atoms with van der Waals surface area (Å²) in [7, 11) is -19.0. The number of hydrogen-bond donors (Lipinski definition) is 5. The molecule has 24 nitrogen and oxygen atoms in total. The number of nitrogens with zero attached hydrogens (tertiary/aromatic N) is 3. The van der Waals surface area contributed by atoms with E-state index in [1.807, 2.05) is 0 Å². The Labute approximate surface area is 577 Å². The summed E-state index contributed by atoms with van der Waals surface area (Å²) in [5.41, 5.74) is 0.406. The Hall–Kier alpha value is -1.43. The topological polar surface area (TPSA) is 321 Å².